The Morgan fingerprint density at radius 3 is 3.14 bits per heavy atom. The van der Waals surface area contributed by atoms with Crippen LogP contribution in [0.2, 0.25) is 0 Å². The van der Waals surface area contributed by atoms with Gasteiger partial charge >= 0.3 is 0 Å². The van der Waals surface area contributed by atoms with Crippen molar-refractivity contribution in [3.05, 3.63) is 23.4 Å². The molecule has 1 unspecified atom stereocenters. The summed E-state index contributed by atoms with van der Waals surface area (Å²) in [5, 5.41) is 14.1. The van der Waals surface area contributed by atoms with Crippen molar-refractivity contribution >= 4 is 11.8 Å². The van der Waals surface area contributed by atoms with E-state index >= 15 is 0 Å². The van der Waals surface area contributed by atoms with Gasteiger partial charge in [-0.05, 0) is 13.3 Å². The Bertz CT molecular complexity index is 662. The van der Waals surface area contributed by atoms with E-state index in [0.717, 1.165) is 43.1 Å². The SMILES string of the molecule is CCc1nc2n(n1)CC(NCC(=O)Nc1cc(C)no1)CC2. The third-order valence-corrected chi connectivity index (χ3v) is 3.66. The lowest BCUT2D eigenvalue weighted by Crippen LogP contribution is -2.41. The molecule has 2 aromatic heterocycles. The van der Waals surface area contributed by atoms with E-state index in [1.165, 1.54) is 0 Å². The molecule has 3 rings (SSSR count). The second-order valence-corrected chi connectivity index (χ2v) is 5.48. The van der Waals surface area contributed by atoms with E-state index in [1.54, 1.807) is 13.0 Å². The molecule has 0 aliphatic carbocycles. The van der Waals surface area contributed by atoms with Crippen molar-refractivity contribution in [2.75, 3.05) is 11.9 Å². The van der Waals surface area contributed by atoms with Gasteiger partial charge in [0.05, 0.1) is 18.8 Å². The summed E-state index contributed by atoms with van der Waals surface area (Å²) in [7, 11) is 0. The van der Waals surface area contributed by atoms with Gasteiger partial charge in [-0.2, -0.15) is 5.10 Å². The number of amides is 1. The molecule has 1 atom stereocenters. The molecule has 118 valence electrons. The number of aryl methyl sites for hydroxylation is 3. The van der Waals surface area contributed by atoms with E-state index < -0.39 is 0 Å². The van der Waals surface area contributed by atoms with E-state index in [-0.39, 0.29) is 18.5 Å². The molecule has 0 radical (unpaired) electrons. The van der Waals surface area contributed by atoms with Crippen LogP contribution in [0.25, 0.3) is 0 Å². The van der Waals surface area contributed by atoms with Gasteiger partial charge in [-0.3, -0.25) is 10.1 Å². The molecule has 2 aromatic rings. The van der Waals surface area contributed by atoms with Crippen LogP contribution in [0.15, 0.2) is 10.6 Å². The molecule has 3 heterocycles. The highest BCUT2D eigenvalue weighted by Crippen LogP contribution is 2.13. The summed E-state index contributed by atoms with van der Waals surface area (Å²) in [5.41, 5.74) is 0.737. The first kappa shape index (κ1) is 14.7. The lowest BCUT2D eigenvalue weighted by molar-refractivity contribution is -0.115. The fourth-order valence-electron chi connectivity index (χ4n) is 2.52. The van der Waals surface area contributed by atoms with Crippen LogP contribution in [0, 0.1) is 6.92 Å². The van der Waals surface area contributed by atoms with Crippen molar-refractivity contribution in [3.63, 3.8) is 0 Å². The number of anilines is 1. The summed E-state index contributed by atoms with van der Waals surface area (Å²) in [6.07, 6.45) is 2.68. The molecular weight excluding hydrogens is 284 g/mol. The number of aromatic nitrogens is 4. The van der Waals surface area contributed by atoms with Gasteiger partial charge in [0, 0.05) is 24.9 Å². The maximum absolute atomic E-state index is 11.9. The Kier molecular flexibility index (Phi) is 4.19. The van der Waals surface area contributed by atoms with Gasteiger partial charge in [-0.1, -0.05) is 12.1 Å². The standard InChI is InChI=1S/C14H20N6O2/c1-3-11-16-12-5-4-10(8-20(12)18-11)15-7-13(21)17-14-6-9(2)19-22-14/h6,10,15H,3-5,7-8H2,1-2H3,(H,17,21). The van der Waals surface area contributed by atoms with Crippen LogP contribution in [0.5, 0.6) is 0 Å². The van der Waals surface area contributed by atoms with Gasteiger partial charge in [-0.25, -0.2) is 9.67 Å². The summed E-state index contributed by atoms with van der Waals surface area (Å²) >= 11 is 0. The zero-order valence-electron chi connectivity index (χ0n) is 12.8. The number of hydrogen-bond acceptors (Lipinski definition) is 6. The molecule has 1 aliphatic rings. The number of nitrogens with zero attached hydrogens (tertiary/aromatic N) is 4. The smallest absolute Gasteiger partial charge is 0.240 e. The van der Waals surface area contributed by atoms with Gasteiger partial charge in [-0.15, -0.1) is 0 Å². The molecule has 0 saturated heterocycles. The van der Waals surface area contributed by atoms with Crippen molar-refractivity contribution in [1.29, 1.82) is 0 Å². The zero-order valence-corrected chi connectivity index (χ0v) is 12.8. The minimum absolute atomic E-state index is 0.144. The first-order valence-electron chi connectivity index (χ1n) is 7.53. The summed E-state index contributed by atoms with van der Waals surface area (Å²) in [5.74, 6) is 2.15. The van der Waals surface area contributed by atoms with E-state index in [1.807, 2.05) is 11.6 Å². The van der Waals surface area contributed by atoms with E-state index in [2.05, 4.69) is 25.9 Å². The number of rotatable bonds is 5. The highest BCUT2D eigenvalue weighted by atomic mass is 16.5. The molecule has 22 heavy (non-hydrogen) atoms. The average Bonchev–Trinajstić information content (AvgIpc) is 3.10. The van der Waals surface area contributed by atoms with Gasteiger partial charge in [0.25, 0.3) is 0 Å². The Hall–Kier alpha value is -2.22. The predicted octanol–water partition coefficient (Wildman–Crippen LogP) is 0.680. The normalized spacial score (nSPS) is 17.3. The molecular formula is C14H20N6O2. The highest BCUT2D eigenvalue weighted by molar-refractivity contribution is 5.90. The van der Waals surface area contributed by atoms with Crippen LogP contribution in [-0.4, -0.2) is 38.4 Å². The Morgan fingerprint density at radius 1 is 1.55 bits per heavy atom. The highest BCUT2D eigenvalue weighted by Gasteiger charge is 2.21. The third-order valence-electron chi connectivity index (χ3n) is 3.66. The van der Waals surface area contributed by atoms with E-state index in [0.29, 0.717) is 5.88 Å². The third kappa shape index (κ3) is 3.33. The summed E-state index contributed by atoms with van der Waals surface area (Å²) < 4.78 is 6.90. The maximum atomic E-state index is 11.9. The average molecular weight is 304 g/mol. The van der Waals surface area contributed by atoms with E-state index in [9.17, 15) is 4.79 Å². The second kappa shape index (κ2) is 6.27. The molecule has 1 amide bonds. The minimum Gasteiger partial charge on any atom is -0.338 e. The van der Waals surface area contributed by atoms with Crippen LogP contribution in [0.1, 0.15) is 30.7 Å². The first-order chi connectivity index (χ1) is 10.6. The van der Waals surface area contributed by atoms with Crippen LogP contribution < -0.4 is 10.6 Å². The Morgan fingerprint density at radius 2 is 2.41 bits per heavy atom. The summed E-state index contributed by atoms with van der Waals surface area (Å²) in [6.45, 7) is 4.83. The lowest BCUT2D eigenvalue weighted by atomic mass is 10.1. The fourth-order valence-corrected chi connectivity index (χ4v) is 2.52. The van der Waals surface area contributed by atoms with Crippen molar-refractivity contribution in [3.8, 4) is 0 Å². The fraction of sp³-hybridized carbons (Fsp3) is 0.571. The number of carbonyl (C=O) groups is 1. The lowest BCUT2D eigenvalue weighted by Gasteiger charge is -2.23. The molecule has 0 fully saturated rings. The number of hydrogen-bond donors (Lipinski definition) is 2. The van der Waals surface area contributed by atoms with Gasteiger partial charge in [0.15, 0.2) is 5.82 Å². The Labute approximate surface area is 128 Å². The van der Waals surface area contributed by atoms with E-state index in [4.69, 9.17) is 4.52 Å². The molecule has 8 nitrogen and oxygen atoms in total. The largest absolute Gasteiger partial charge is 0.338 e. The van der Waals surface area contributed by atoms with Crippen molar-refractivity contribution in [1.82, 2.24) is 25.2 Å². The van der Waals surface area contributed by atoms with Gasteiger partial charge in [0.2, 0.25) is 11.8 Å². The minimum atomic E-state index is -0.144. The molecule has 0 spiro atoms. The zero-order chi connectivity index (χ0) is 15.5. The number of fused-ring (bicyclic) bond motifs is 1. The maximum Gasteiger partial charge on any atom is 0.240 e. The molecule has 1 aliphatic heterocycles. The topological polar surface area (TPSA) is 97.9 Å². The molecule has 0 aromatic carbocycles. The van der Waals surface area contributed by atoms with Gasteiger partial charge < -0.3 is 9.84 Å². The molecule has 8 heteroatoms. The van der Waals surface area contributed by atoms with Crippen molar-refractivity contribution in [2.45, 2.75) is 45.7 Å². The van der Waals surface area contributed by atoms with Crippen molar-refractivity contribution < 1.29 is 9.32 Å². The van der Waals surface area contributed by atoms with Crippen LogP contribution in [0.3, 0.4) is 0 Å². The summed E-state index contributed by atoms with van der Waals surface area (Å²) in [6, 6.07) is 1.91. The summed E-state index contributed by atoms with van der Waals surface area (Å²) in [4.78, 5) is 16.3. The number of carbonyl (C=O) groups excluding carboxylic acids is 1. The van der Waals surface area contributed by atoms with Crippen LogP contribution >= 0.6 is 0 Å². The van der Waals surface area contributed by atoms with Crippen LogP contribution in [-0.2, 0) is 24.2 Å². The molecule has 0 saturated carbocycles. The predicted molar refractivity (Wildman–Crippen MR) is 79.4 cm³/mol. The Balaban J connectivity index is 1.49. The van der Waals surface area contributed by atoms with Crippen LogP contribution in [0.4, 0.5) is 5.88 Å². The number of nitrogens with one attached hydrogen (secondary N) is 2. The van der Waals surface area contributed by atoms with Gasteiger partial charge in [0.1, 0.15) is 5.82 Å². The first-order valence-corrected chi connectivity index (χ1v) is 7.53. The second-order valence-electron chi connectivity index (χ2n) is 5.48. The monoisotopic (exact) mass is 304 g/mol. The van der Waals surface area contributed by atoms with Crippen molar-refractivity contribution in [2.24, 2.45) is 0 Å². The molecule has 2 N–H and O–H groups in total. The molecule has 0 bridgehead atoms. The quantitative estimate of drug-likeness (QED) is 0.843.